The standard InChI is InChI=1S/C18H21N3O/c1-14-10-15(2)12-17(11-14)20-6-8-21(9-7-20)18(22)16-4-3-5-19-13-16/h3-5,10-13H,6-9H2,1-2H3. The van der Waals surface area contributed by atoms with Crippen molar-refractivity contribution in [2.75, 3.05) is 31.1 Å². The number of piperazine rings is 1. The highest BCUT2D eigenvalue weighted by molar-refractivity contribution is 5.94. The van der Waals surface area contributed by atoms with Gasteiger partial charge in [-0.1, -0.05) is 6.07 Å². The normalized spacial score (nSPS) is 15.0. The van der Waals surface area contributed by atoms with Gasteiger partial charge >= 0.3 is 0 Å². The first-order valence-electron chi connectivity index (χ1n) is 7.66. The number of aromatic nitrogens is 1. The highest BCUT2D eigenvalue weighted by atomic mass is 16.2. The minimum absolute atomic E-state index is 0.0770. The fourth-order valence-electron chi connectivity index (χ4n) is 2.97. The van der Waals surface area contributed by atoms with Gasteiger partial charge in [0.25, 0.3) is 5.91 Å². The molecule has 114 valence electrons. The summed E-state index contributed by atoms with van der Waals surface area (Å²) in [6, 6.07) is 10.2. The lowest BCUT2D eigenvalue weighted by atomic mass is 10.1. The van der Waals surface area contributed by atoms with E-state index in [0.717, 1.165) is 26.2 Å². The van der Waals surface area contributed by atoms with Crippen molar-refractivity contribution in [2.45, 2.75) is 13.8 Å². The molecule has 1 aliphatic heterocycles. The van der Waals surface area contributed by atoms with Crippen LogP contribution in [0.4, 0.5) is 5.69 Å². The number of carbonyl (C=O) groups excluding carboxylic acids is 1. The molecule has 0 unspecified atom stereocenters. The molecule has 0 atom stereocenters. The van der Waals surface area contributed by atoms with E-state index in [2.05, 4.69) is 41.9 Å². The Bertz CT molecular complexity index is 641. The quantitative estimate of drug-likeness (QED) is 0.854. The van der Waals surface area contributed by atoms with Gasteiger partial charge in [0, 0.05) is 44.3 Å². The highest BCUT2D eigenvalue weighted by Gasteiger charge is 2.22. The van der Waals surface area contributed by atoms with E-state index in [9.17, 15) is 4.79 Å². The maximum atomic E-state index is 12.4. The van der Waals surface area contributed by atoms with Gasteiger partial charge in [0.15, 0.2) is 0 Å². The number of amides is 1. The summed E-state index contributed by atoms with van der Waals surface area (Å²) in [7, 11) is 0. The van der Waals surface area contributed by atoms with Crippen LogP contribution in [0.3, 0.4) is 0 Å². The molecule has 3 rings (SSSR count). The van der Waals surface area contributed by atoms with Crippen molar-refractivity contribution in [3.8, 4) is 0 Å². The van der Waals surface area contributed by atoms with Crippen LogP contribution >= 0.6 is 0 Å². The van der Waals surface area contributed by atoms with E-state index in [1.54, 1.807) is 18.5 Å². The summed E-state index contributed by atoms with van der Waals surface area (Å²) in [5.41, 5.74) is 4.49. The van der Waals surface area contributed by atoms with Gasteiger partial charge in [-0.2, -0.15) is 0 Å². The van der Waals surface area contributed by atoms with E-state index in [-0.39, 0.29) is 5.91 Å². The first kappa shape index (κ1) is 14.6. The summed E-state index contributed by atoms with van der Waals surface area (Å²) < 4.78 is 0. The maximum absolute atomic E-state index is 12.4. The maximum Gasteiger partial charge on any atom is 0.255 e. The minimum atomic E-state index is 0.0770. The molecule has 1 aliphatic rings. The van der Waals surface area contributed by atoms with Gasteiger partial charge in [0.1, 0.15) is 0 Å². The molecule has 0 aliphatic carbocycles. The van der Waals surface area contributed by atoms with Crippen LogP contribution in [0.25, 0.3) is 0 Å². The van der Waals surface area contributed by atoms with Crippen molar-refractivity contribution in [3.05, 3.63) is 59.4 Å². The Balaban J connectivity index is 1.66. The first-order valence-corrected chi connectivity index (χ1v) is 7.66. The number of benzene rings is 1. The summed E-state index contributed by atoms with van der Waals surface area (Å²) in [6.45, 7) is 7.49. The van der Waals surface area contributed by atoms with Crippen LogP contribution < -0.4 is 4.90 Å². The summed E-state index contributed by atoms with van der Waals surface area (Å²) >= 11 is 0. The zero-order chi connectivity index (χ0) is 15.5. The van der Waals surface area contributed by atoms with Gasteiger partial charge in [-0.3, -0.25) is 9.78 Å². The summed E-state index contributed by atoms with van der Waals surface area (Å²) in [6.07, 6.45) is 3.33. The monoisotopic (exact) mass is 295 g/mol. The molecule has 0 bridgehead atoms. The zero-order valence-corrected chi connectivity index (χ0v) is 13.1. The average molecular weight is 295 g/mol. The molecule has 22 heavy (non-hydrogen) atoms. The molecule has 4 heteroatoms. The van der Waals surface area contributed by atoms with Crippen LogP contribution in [0.2, 0.25) is 0 Å². The molecule has 1 aromatic heterocycles. The van der Waals surface area contributed by atoms with Crippen LogP contribution in [0.15, 0.2) is 42.7 Å². The molecule has 2 aromatic rings. The molecule has 0 saturated carbocycles. The highest BCUT2D eigenvalue weighted by Crippen LogP contribution is 2.20. The lowest BCUT2D eigenvalue weighted by molar-refractivity contribution is 0.0746. The summed E-state index contributed by atoms with van der Waals surface area (Å²) in [4.78, 5) is 20.7. The van der Waals surface area contributed by atoms with E-state index < -0.39 is 0 Å². The predicted molar refractivity (Wildman–Crippen MR) is 88.3 cm³/mol. The number of carbonyl (C=O) groups is 1. The number of hydrogen-bond acceptors (Lipinski definition) is 3. The number of aryl methyl sites for hydroxylation is 2. The van der Waals surface area contributed by atoms with E-state index >= 15 is 0 Å². The van der Waals surface area contributed by atoms with Gasteiger partial charge in [-0.25, -0.2) is 0 Å². The molecule has 2 heterocycles. The summed E-state index contributed by atoms with van der Waals surface area (Å²) in [5, 5.41) is 0. The van der Waals surface area contributed by atoms with Gasteiger partial charge in [0.2, 0.25) is 0 Å². The Morgan fingerprint density at radius 3 is 2.32 bits per heavy atom. The SMILES string of the molecule is Cc1cc(C)cc(N2CCN(C(=O)c3cccnc3)CC2)c1. The Morgan fingerprint density at radius 2 is 1.73 bits per heavy atom. The van der Waals surface area contributed by atoms with E-state index in [1.165, 1.54) is 16.8 Å². The Labute approximate surface area is 131 Å². The molecule has 1 saturated heterocycles. The zero-order valence-electron chi connectivity index (χ0n) is 13.1. The second-order valence-corrected chi connectivity index (χ2v) is 5.87. The third-order valence-electron chi connectivity index (χ3n) is 4.05. The van der Waals surface area contributed by atoms with Crippen molar-refractivity contribution in [1.29, 1.82) is 0 Å². The lowest BCUT2D eigenvalue weighted by Gasteiger charge is -2.36. The smallest absolute Gasteiger partial charge is 0.255 e. The van der Waals surface area contributed by atoms with Crippen molar-refractivity contribution < 1.29 is 4.79 Å². The van der Waals surface area contributed by atoms with E-state index in [0.29, 0.717) is 5.56 Å². The van der Waals surface area contributed by atoms with Gasteiger partial charge in [0.05, 0.1) is 5.56 Å². The Morgan fingerprint density at radius 1 is 1.05 bits per heavy atom. The number of hydrogen-bond donors (Lipinski definition) is 0. The van der Waals surface area contributed by atoms with Crippen LogP contribution in [0.1, 0.15) is 21.5 Å². The molecule has 0 radical (unpaired) electrons. The number of nitrogens with zero attached hydrogens (tertiary/aromatic N) is 3. The minimum Gasteiger partial charge on any atom is -0.368 e. The Kier molecular flexibility index (Phi) is 4.09. The van der Waals surface area contributed by atoms with Crippen LogP contribution in [0.5, 0.6) is 0 Å². The van der Waals surface area contributed by atoms with E-state index in [4.69, 9.17) is 0 Å². The second-order valence-electron chi connectivity index (χ2n) is 5.87. The van der Waals surface area contributed by atoms with Crippen LogP contribution in [-0.4, -0.2) is 42.0 Å². The molecule has 0 spiro atoms. The van der Waals surface area contributed by atoms with Crippen molar-refractivity contribution in [1.82, 2.24) is 9.88 Å². The third kappa shape index (κ3) is 3.11. The second kappa shape index (κ2) is 6.18. The van der Waals surface area contributed by atoms with Crippen molar-refractivity contribution in [3.63, 3.8) is 0 Å². The van der Waals surface area contributed by atoms with Crippen molar-refractivity contribution in [2.24, 2.45) is 0 Å². The molecule has 1 amide bonds. The summed E-state index contributed by atoms with van der Waals surface area (Å²) in [5.74, 6) is 0.0770. The fourth-order valence-corrected chi connectivity index (χ4v) is 2.97. The van der Waals surface area contributed by atoms with Gasteiger partial charge in [-0.05, 0) is 49.2 Å². The third-order valence-corrected chi connectivity index (χ3v) is 4.05. The fraction of sp³-hybridized carbons (Fsp3) is 0.333. The molecule has 4 nitrogen and oxygen atoms in total. The average Bonchev–Trinajstić information content (AvgIpc) is 2.54. The number of pyridine rings is 1. The molecular weight excluding hydrogens is 274 g/mol. The molecule has 1 aromatic carbocycles. The molecule has 1 fully saturated rings. The van der Waals surface area contributed by atoms with Crippen molar-refractivity contribution >= 4 is 11.6 Å². The van der Waals surface area contributed by atoms with Crippen LogP contribution in [0, 0.1) is 13.8 Å². The predicted octanol–water partition coefficient (Wildman–Crippen LogP) is 2.66. The van der Waals surface area contributed by atoms with Gasteiger partial charge in [-0.15, -0.1) is 0 Å². The van der Waals surface area contributed by atoms with Gasteiger partial charge < -0.3 is 9.80 Å². The first-order chi connectivity index (χ1) is 10.6. The molecular formula is C18H21N3O. The largest absolute Gasteiger partial charge is 0.368 e. The molecule has 0 N–H and O–H groups in total. The van der Waals surface area contributed by atoms with Crippen LogP contribution in [-0.2, 0) is 0 Å². The van der Waals surface area contributed by atoms with E-state index in [1.807, 2.05) is 11.0 Å². The number of anilines is 1. The number of rotatable bonds is 2. The topological polar surface area (TPSA) is 36.4 Å². The lowest BCUT2D eigenvalue weighted by Crippen LogP contribution is -2.48. The Hall–Kier alpha value is -2.36.